The quantitative estimate of drug-likeness (QED) is 0.231. The topological polar surface area (TPSA) is 142 Å². The fraction of sp³-hybridized carbons (Fsp3) is 0.560. The molecule has 0 saturated heterocycles. The van der Waals surface area contributed by atoms with Crippen molar-refractivity contribution in [2.24, 2.45) is 17.3 Å². The molecule has 0 aromatic carbocycles. The van der Waals surface area contributed by atoms with E-state index in [0.29, 0.717) is 19.3 Å². The Morgan fingerprint density at radius 1 is 0.714 bits per heavy atom. The van der Waals surface area contributed by atoms with Crippen LogP contribution in [0.25, 0.3) is 0 Å². The Bertz CT molecular complexity index is 811. The number of hydrogen-bond acceptors (Lipinski definition) is 9. The summed E-state index contributed by atoms with van der Waals surface area (Å²) in [6.45, 7) is 13.1. The molecule has 1 aliphatic carbocycles. The van der Waals surface area contributed by atoms with E-state index in [1.807, 2.05) is 0 Å². The van der Waals surface area contributed by atoms with Crippen LogP contribution < -0.4 is 0 Å². The van der Waals surface area contributed by atoms with Crippen molar-refractivity contribution in [2.75, 3.05) is 26.4 Å². The molecule has 0 amide bonds. The lowest BCUT2D eigenvalue weighted by Crippen LogP contribution is -2.44. The van der Waals surface area contributed by atoms with E-state index in [1.165, 1.54) is 20.8 Å². The standard InChI is InChI=1S/C25H34O10/c1-15(2)21(28)32-11-25(12-33-22(29)16(3)4,13-34-23(30)17(5)6)14-35-24(31)19-9-7-8-18(10-19)20(26)27/h18-19H,1,3,5,7-14H2,2,4,6H3,(H,26,27). The van der Waals surface area contributed by atoms with Crippen molar-refractivity contribution in [3.8, 4) is 0 Å². The van der Waals surface area contributed by atoms with E-state index in [9.17, 15) is 29.1 Å². The Labute approximate surface area is 204 Å². The first kappa shape index (κ1) is 29.6. The normalized spacial score (nSPS) is 17.5. The summed E-state index contributed by atoms with van der Waals surface area (Å²) in [7, 11) is 0. The van der Waals surface area contributed by atoms with Gasteiger partial charge in [0.1, 0.15) is 31.8 Å². The highest BCUT2D eigenvalue weighted by Crippen LogP contribution is 2.31. The highest BCUT2D eigenvalue weighted by Gasteiger charge is 2.40. The van der Waals surface area contributed by atoms with Crippen LogP contribution in [0.4, 0.5) is 0 Å². The fourth-order valence-corrected chi connectivity index (χ4v) is 3.25. The van der Waals surface area contributed by atoms with Crippen LogP contribution in [-0.4, -0.2) is 61.4 Å². The van der Waals surface area contributed by atoms with E-state index in [4.69, 9.17) is 18.9 Å². The van der Waals surface area contributed by atoms with E-state index in [0.717, 1.165) is 0 Å². The van der Waals surface area contributed by atoms with Crippen LogP contribution in [0.15, 0.2) is 36.5 Å². The molecule has 0 aliphatic heterocycles. The van der Waals surface area contributed by atoms with Gasteiger partial charge in [0.05, 0.1) is 11.8 Å². The van der Waals surface area contributed by atoms with Crippen molar-refractivity contribution >= 4 is 29.8 Å². The zero-order valence-corrected chi connectivity index (χ0v) is 20.6. The lowest BCUT2D eigenvalue weighted by atomic mass is 9.81. The van der Waals surface area contributed by atoms with Crippen LogP contribution in [0.5, 0.6) is 0 Å². The first-order chi connectivity index (χ1) is 16.3. The number of hydrogen-bond donors (Lipinski definition) is 1. The third-order valence-corrected chi connectivity index (χ3v) is 5.45. The SMILES string of the molecule is C=C(C)C(=O)OCC(COC(=O)C(=C)C)(COC(=O)C(=C)C)COC(=O)C1CCCC(C(=O)O)C1. The molecule has 1 saturated carbocycles. The van der Waals surface area contributed by atoms with Gasteiger partial charge in [-0.1, -0.05) is 26.2 Å². The largest absolute Gasteiger partial charge is 0.481 e. The maximum absolute atomic E-state index is 12.8. The molecule has 0 spiro atoms. The molecule has 2 atom stereocenters. The minimum Gasteiger partial charge on any atom is -0.481 e. The van der Waals surface area contributed by atoms with E-state index in [2.05, 4.69) is 19.7 Å². The third-order valence-electron chi connectivity index (χ3n) is 5.45. The zero-order valence-electron chi connectivity index (χ0n) is 20.6. The first-order valence-electron chi connectivity index (χ1n) is 11.2. The molecule has 2 unspecified atom stereocenters. The highest BCUT2D eigenvalue weighted by molar-refractivity contribution is 5.88. The lowest BCUT2D eigenvalue weighted by molar-refractivity contribution is -0.169. The van der Waals surface area contributed by atoms with Gasteiger partial charge in [0.25, 0.3) is 0 Å². The van der Waals surface area contributed by atoms with Crippen molar-refractivity contribution in [1.29, 1.82) is 0 Å². The summed E-state index contributed by atoms with van der Waals surface area (Å²) in [5, 5.41) is 9.28. The molecular weight excluding hydrogens is 460 g/mol. The summed E-state index contributed by atoms with van der Waals surface area (Å²) in [6, 6.07) is 0. The van der Waals surface area contributed by atoms with Gasteiger partial charge in [-0.2, -0.15) is 0 Å². The van der Waals surface area contributed by atoms with Gasteiger partial charge >= 0.3 is 29.8 Å². The van der Waals surface area contributed by atoms with Gasteiger partial charge in [-0.15, -0.1) is 0 Å². The summed E-state index contributed by atoms with van der Waals surface area (Å²) in [6.07, 6.45) is 1.65. The van der Waals surface area contributed by atoms with Crippen molar-refractivity contribution in [3.63, 3.8) is 0 Å². The Hall–Kier alpha value is -3.43. The molecule has 194 valence electrons. The number of rotatable bonds is 13. The number of ether oxygens (including phenoxy) is 4. The Morgan fingerprint density at radius 2 is 1.09 bits per heavy atom. The second-order valence-corrected chi connectivity index (χ2v) is 9.08. The van der Waals surface area contributed by atoms with Crippen LogP contribution in [0, 0.1) is 17.3 Å². The van der Waals surface area contributed by atoms with E-state index < -0.39 is 73.5 Å². The van der Waals surface area contributed by atoms with Gasteiger partial charge in [-0.3, -0.25) is 9.59 Å². The number of carbonyl (C=O) groups is 5. The third kappa shape index (κ3) is 9.76. The van der Waals surface area contributed by atoms with Gasteiger partial charge in [-0.25, -0.2) is 14.4 Å². The van der Waals surface area contributed by atoms with Crippen LogP contribution >= 0.6 is 0 Å². The second kappa shape index (κ2) is 13.5. The molecule has 35 heavy (non-hydrogen) atoms. The highest BCUT2D eigenvalue weighted by atomic mass is 16.6. The molecule has 0 aromatic rings. The summed E-state index contributed by atoms with van der Waals surface area (Å²) < 4.78 is 21.2. The minimum absolute atomic E-state index is 0.107. The van der Waals surface area contributed by atoms with Gasteiger partial charge in [0, 0.05) is 16.7 Å². The van der Waals surface area contributed by atoms with Crippen LogP contribution in [0.2, 0.25) is 0 Å². The first-order valence-corrected chi connectivity index (χ1v) is 11.2. The summed E-state index contributed by atoms with van der Waals surface area (Å²) in [5.74, 6) is -5.10. The van der Waals surface area contributed by atoms with E-state index in [1.54, 1.807) is 0 Å². The summed E-state index contributed by atoms with van der Waals surface area (Å²) in [5.41, 5.74) is -1.13. The predicted molar refractivity (Wildman–Crippen MR) is 124 cm³/mol. The van der Waals surface area contributed by atoms with Crippen molar-refractivity contribution in [2.45, 2.75) is 46.5 Å². The average molecular weight is 495 g/mol. The molecule has 0 heterocycles. The van der Waals surface area contributed by atoms with Crippen LogP contribution in [0.3, 0.4) is 0 Å². The average Bonchev–Trinajstić information content (AvgIpc) is 2.81. The molecule has 1 N–H and O–H groups in total. The monoisotopic (exact) mass is 494 g/mol. The van der Waals surface area contributed by atoms with Gasteiger partial charge in [0.2, 0.25) is 0 Å². The van der Waals surface area contributed by atoms with Gasteiger partial charge < -0.3 is 24.1 Å². The van der Waals surface area contributed by atoms with Crippen molar-refractivity contribution in [1.82, 2.24) is 0 Å². The molecule has 1 aliphatic rings. The molecule has 0 radical (unpaired) electrons. The summed E-state index contributed by atoms with van der Waals surface area (Å²) in [4.78, 5) is 60.2. The zero-order chi connectivity index (χ0) is 26.8. The van der Waals surface area contributed by atoms with E-state index >= 15 is 0 Å². The molecule has 10 heteroatoms. The summed E-state index contributed by atoms with van der Waals surface area (Å²) >= 11 is 0. The minimum atomic E-state index is -1.45. The second-order valence-electron chi connectivity index (χ2n) is 9.08. The van der Waals surface area contributed by atoms with Crippen LogP contribution in [-0.2, 0) is 42.9 Å². The number of esters is 4. The fourth-order valence-electron chi connectivity index (χ4n) is 3.25. The van der Waals surface area contributed by atoms with Gasteiger partial charge in [0.15, 0.2) is 0 Å². The Kier molecular flexibility index (Phi) is 11.4. The van der Waals surface area contributed by atoms with Crippen molar-refractivity contribution < 1.29 is 48.0 Å². The molecule has 10 nitrogen and oxygen atoms in total. The van der Waals surface area contributed by atoms with Crippen molar-refractivity contribution in [3.05, 3.63) is 36.5 Å². The lowest BCUT2D eigenvalue weighted by Gasteiger charge is -2.33. The van der Waals surface area contributed by atoms with E-state index in [-0.39, 0.29) is 23.1 Å². The molecule has 0 bridgehead atoms. The molecule has 0 aromatic heterocycles. The van der Waals surface area contributed by atoms with Crippen LogP contribution in [0.1, 0.15) is 46.5 Å². The molecule has 1 rings (SSSR count). The van der Waals surface area contributed by atoms with Gasteiger partial charge in [-0.05, 0) is 40.0 Å². The Morgan fingerprint density at radius 3 is 1.46 bits per heavy atom. The Balaban J connectivity index is 3.11. The number of carboxylic acids is 1. The number of carbonyl (C=O) groups excluding carboxylic acids is 4. The predicted octanol–water partition coefficient (Wildman–Crippen LogP) is 2.76. The smallest absolute Gasteiger partial charge is 0.333 e. The maximum atomic E-state index is 12.8. The molecule has 1 fully saturated rings. The molecular formula is C25H34O10. The maximum Gasteiger partial charge on any atom is 0.333 e. The number of aliphatic carboxylic acids is 1. The number of carboxylic acid groups (broad SMARTS) is 1.